The van der Waals surface area contributed by atoms with E-state index >= 15 is 0 Å². The topological polar surface area (TPSA) is 50.7 Å². The standard InChI is InChI=1S/C15H23NO3/c1-3-19-13-7-4-6-12(14(13)18-2)10-16-11-15(17)8-5-9-15/h4,6-7,16-17H,3,5,8-11H2,1-2H3. The van der Waals surface area contributed by atoms with Crippen LogP contribution < -0.4 is 14.8 Å². The average Bonchev–Trinajstić information content (AvgIpc) is 2.37. The Morgan fingerprint density at radius 3 is 2.74 bits per heavy atom. The minimum atomic E-state index is -0.495. The summed E-state index contributed by atoms with van der Waals surface area (Å²) in [6.45, 7) is 3.88. The van der Waals surface area contributed by atoms with Crippen LogP contribution >= 0.6 is 0 Å². The van der Waals surface area contributed by atoms with E-state index in [-0.39, 0.29) is 0 Å². The normalized spacial score (nSPS) is 16.8. The molecule has 0 saturated heterocycles. The molecule has 0 atom stereocenters. The molecule has 1 fully saturated rings. The van der Waals surface area contributed by atoms with Crippen molar-refractivity contribution in [1.29, 1.82) is 0 Å². The second kappa shape index (κ2) is 6.26. The zero-order valence-corrected chi connectivity index (χ0v) is 11.7. The predicted molar refractivity (Wildman–Crippen MR) is 74.7 cm³/mol. The fourth-order valence-electron chi connectivity index (χ4n) is 2.39. The molecule has 1 saturated carbocycles. The molecule has 4 nitrogen and oxygen atoms in total. The SMILES string of the molecule is CCOc1cccc(CNCC2(O)CCC2)c1OC. The van der Waals surface area contributed by atoms with Gasteiger partial charge in [0.05, 0.1) is 19.3 Å². The van der Waals surface area contributed by atoms with E-state index in [1.807, 2.05) is 25.1 Å². The molecule has 1 aliphatic carbocycles. The molecule has 1 aromatic carbocycles. The summed E-state index contributed by atoms with van der Waals surface area (Å²) in [5, 5.41) is 13.3. The molecule has 1 aliphatic rings. The van der Waals surface area contributed by atoms with Gasteiger partial charge < -0.3 is 19.9 Å². The maximum Gasteiger partial charge on any atom is 0.165 e. The third-order valence-corrected chi connectivity index (χ3v) is 3.62. The Kier molecular flexibility index (Phi) is 4.66. The van der Waals surface area contributed by atoms with Gasteiger partial charge >= 0.3 is 0 Å². The first-order chi connectivity index (χ1) is 9.18. The number of aliphatic hydroxyl groups is 1. The second-order valence-corrected chi connectivity index (χ2v) is 5.06. The molecule has 19 heavy (non-hydrogen) atoms. The summed E-state index contributed by atoms with van der Waals surface area (Å²) < 4.78 is 11.0. The fraction of sp³-hybridized carbons (Fsp3) is 0.600. The van der Waals surface area contributed by atoms with Gasteiger partial charge in [0.25, 0.3) is 0 Å². The third-order valence-electron chi connectivity index (χ3n) is 3.62. The van der Waals surface area contributed by atoms with Crippen molar-refractivity contribution in [2.75, 3.05) is 20.3 Å². The van der Waals surface area contributed by atoms with Crippen molar-refractivity contribution < 1.29 is 14.6 Å². The highest BCUT2D eigenvalue weighted by molar-refractivity contribution is 5.46. The number of benzene rings is 1. The molecular weight excluding hydrogens is 242 g/mol. The van der Waals surface area contributed by atoms with Gasteiger partial charge in [-0.2, -0.15) is 0 Å². The summed E-state index contributed by atoms with van der Waals surface area (Å²) in [6.07, 6.45) is 2.92. The van der Waals surface area contributed by atoms with Gasteiger partial charge in [-0.3, -0.25) is 0 Å². The van der Waals surface area contributed by atoms with Crippen LogP contribution in [0.1, 0.15) is 31.7 Å². The van der Waals surface area contributed by atoms with Gasteiger partial charge in [0, 0.05) is 18.7 Å². The number of ether oxygens (including phenoxy) is 2. The monoisotopic (exact) mass is 265 g/mol. The van der Waals surface area contributed by atoms with Crippen LogP contribution in [0.5, 0.6) is 11.5 Å². The van der Waals surface area contributed by atoms with Crippen molar-refractivity contribution in [3.05, 3.63) is 23.8 Å². The summed E-state index contributed by atoms with van der Waals surface area (Å²) in [5.74, 6) is 1.55. The molecule has 0 amide bonds. The Bertz CT molecular complexity index is 416. The molecule has 0 bridgehead atoms. The van der Waals surface area contributed by atoms with E-state index in [1.54, 1.807) is 7.11 Å². The number of hydrogen-bond donors (Lipinski definition) is 2. The zero-order chi connectivity index (χ0) is 13.7. The Balaban J connectivity index is 1.96. The van der Waals surface area contributed by atoms with E-state index < -0.39 is 5.60 Å². The zero-order valence-electron chi connectivity index (χ0n) is 11.7. The van der Waals surface area contributed by atoms with E-state index in [0.29, 0.717) is 19.7 Å². The molecule has 0 spiro atoms. The quantitative estimate of drug-likeness (QED) is 0.792. The largest absolute Gasteiger partial charge is 0.493 e. The summed E-state index contributed by atoms with van der Waals surface area (Å²) >= 11 is 0. The summed E-state index contributed by atoms with van der Waals surface area (Å²) in [4.78, 5) is 0. The highest BCUT2D eigenvalue weighted by Crippen LogP contribution is 2.32. The Morgan fingerprint density at radius 1 is 1.37 bits per heavy atom. The Morgan fingerprint density at radius 2 is 2.16 bits per heavy atom. The predicted octanol–water partition coefficient (Wildman–Crippen LogP) is 2.10. The van der Waals surface area contributed by atoms with E-state index in [9.17, 15) is 5.11 Å². The van der Waals surface area contributed by atoms with Crippen molar-refractivity contribution in [3.63, 3.8) is 0 Å². The van der Waals surface area contributed by atoms with Gasteiger partial charge in [-0.25, -0.2) is 0 Å². The molecule has 0 aliphatic heterocycles. The summed E-state index contributed by atoms with van der Waals surface area (Å²) in [7, 11) is 1.65. The molecule has 2 N–H and O–H groups in total. The van der Waals surface area contributed by atoms with Crippen molar-refractivity contribution >= 4 is 0 Å². The van der Waals surface area contributed by atoms with E-state index in [1.165, 1.54) is 0 Å². The van der Waals surface area contributed by atoms with Crippen LogP contribution in [0.4, 0.5) is 0 Å². The molecular formula is C15H23NO3. The van der Waals surface area contributed by atoms with Crippen LogP contribution in [0.3, 0.4) is 0 Å². The van der Waals surface area contributed by atoms with Crippen LogP contribution in [-0.2, 0) is 6.54 Å². The molecule has 0 unspecified atom stereocenters. The molecule has 1 aromatic rings. The van der Waals surface area contributed by atoms with Crippen molar-refractivity contribution in [1.82, 2.24) is 5.32 Å². The number of methoxy groups -OCH3 is 1. The molecule has 2 rings (SSSR count). The first-order valence-corrected chi connectivity index (χ1v) is 6.90. The van der Waals surface area contributed by atoms with Crippen LogP contribution in [0, 0.1) is 0 Å². The van der Waals surface area contributed by atoms with Gasteiger partial charge in [-0.1, -0.05) is 12.1 Å². The van der Waals surface area contributed by atoms with Gasteiger partial charge in [0.15, 0.2) is 11.5 Å². The van der Waals surface area contributed by atoms with Crippen molar-refractivity contribution in [2.24, 2.45) is 0 Å². The van der Waals surface area contributed by atoms with E-state index in [0.717, 1.165) is 36.3 Å². The highest BCUT2D eigenvalue weighted by atomic mass is 16.5. The maximum atomic E-state index is 10.0. The third kappa shape index (κ3) is 3.39. The Hall–Kier alpha value is -1.26. The van der Waals surface area contributed by atoms with Gasteiger partial charge in [-0.05, 0) is 32.3 Å². The van der Waals surface area contributed by atoms with E-state index in [2.05, 4.69) is 5.32 Å². The van der Waals surface area contributed by atoms with Gasteiger partial charge in [0.2, 0.25) is 0 Å². The van der Waals surface area contributed by atoms with E-state index in [4.69, 9.17) is 9.47 Å². The van der Waals surface area contributed by atoms with Crippen molar-refractivity contribution in [2.45, 2.75) is 38.3 Å². The summed E-state index contributed by atoms with van der Waals surface area (Å²) in [5.41, 5.74) is 0.557. The number of nitrogens with one attached hydrogen (secondary N) is 1. The number of para-hydroxylation sites is 1. The lowest BCUT2D eigenvalue weighted by Gasteiger charge is -2.36. The maximum absolute atomic E-state index is 10.0. The van der Waals surface area contributed by atoms with Crippen LogP contribution in [0.2, 0.25) is 0 Å². The van der Waals surface area contributed by atoms with Gasteiger partial charge in [-0.15, -0.1) is 0 Å². The van der Waals surface area contributed by atoms with Crippen molar-refractivity contribution in [3.8, 4) is 11.5 Å². The lowest BCUT2D eigenvalue weighted by Crippen LogP contribution is -2.46. The lowest BCUT2D eigenvalue weighted by atomic mass is 9.80. The lowest BCUT2D eigenvalue weighted by molar-refractivity contribution is -0.0315. The molecule has 0 radical (unpaired) electrons. The Labute approximate surface area is 114 Å². The smallest absolute Gasteiger partial charge is 0.165 e. The number of hydrogen-bond acceptors (Lipinski definition) is 4. The molecule has 4 heteroatoms. The van der Waals surface area contributed by atoms with Crippen LogP contribution in [0.15, 0.2) is 18.2 Å². The van der Waals surface area contributed by atoms with Gasteiger partial charge in [0.1, 0.15) is 0 Å². The highest BCUT2D eigenvalue weighted by Gasteiger charge is 2.33. The first kappa shape index (κ1) is 14.2. The average molecular weight is 265 g/mol. The van der Waals surface area contributed by atoms with Crippen LogP contribution in [0.25, 0.3) is 0 Å². The number of rotatable bonds is 7. The van der Waals surface area contributed by atoms with Crippen LogP contribution in [-0.4, -0.2) is 31.0 Å². The minimum Gasteiger partial charge on any atom is -0.493 e. The second-order valence-electron chi connectivity index (χ2n) is 5.06. The first-order valence-electron chi connectivity index (χ1n) is 6.90. The summed E-state index contributed by atoms with van der Waals surface area (Å²) in [6, 6.07) is 5.88. The fourth-order valence-corrected chi connectivity index (χ4v) is 2.39. The minimum absolute atomic E-state index is 0.495. The molecule has 0 aromatic heterocycles. The molecule has 106 valence electrons. The molecule has 0 heterocycles.